The first kappa shape index (κ1) is 10.9. The third kappa shape index (κ3) is 4.65. The lowest BCUT2D eigenvalue weighted by atomic mass is 10.5. The van der Waals surface area contributed by atoms with E-state index < -0.39 is 12.2 Å². The second-order valence-corrected chi connectivity index (χ2v) is 2.05. The summed E-state index contributed by atoms with van der Waals surface area (Å²) >= 11 is 0. The topological polar surface area (TPSA) is 64.3 Å². The van der Waals surface area contributed by atoms with Crippen molar-refractivity contribution in [2.45, 2.75) is 6.23 Å². The van der Waals surface area contributed by atoms with E-state index in [-0.39, 0.29) is 6.54 Å². The molecule has 12 heavy (non-hydrogen) atoms. The predicted molar refractivity (Wildman–Crippen MR) is 47.3 cm³/mol. The van der Waals surface area contributed by atoms with Crippen molar-refractivity contribution in [3.05, 3.63) is 25.3 Å². The molecule has 0 fully saturated rings. The monoisotopic (exact) mass is 170 g/mol. The Morgan fingerprint density at radius 2 is 2.33 bits per heavy atom. The van der Waals surface area contributed by atoms with Crippen LogP contribution in [0.3, 0.4) is 0 Å². The number of ether oxygens (including phenoxy) is 1. The summed E-state index contributed by atoms with van der Waals surface area (Å²) in [6.45, 7) is 7.42. The Bertz CT molecular complexity index is 168. The highest BCUT2D eigenvalue weighted by Gasteiger charge is 2.06. The highest BCUT2D eigenvalue weighted by atomic mass is 16.6. The van der Waals surface area contributed by atoms with Gasteiger partial charge in [0, 0.05) is 6.54 Å². The van der Waals surface area contributed by atoms with E-state index in [4.69, 9.17) is 10.5 Å². The molecule has 0 heterocycles. The molecule has 0 rings (SSSR count). The van der Waals surface area contributed by atoms with Gasteiger partial charge in [-0.1, -0.05) is 12.7 Å². The molecule has 0 aliphatic heterocycles. The maximum atomic E-state index is 10.7. The van der Waals surface area contributed by atoms with Crippen molar-refractivity contribution in [2.24, 2.45) is 5.73 Å². The van der Waals surface area contributed by atoms with Gasteiger partial charge in [-0.3, -0.25) is 10.1 Å². The SMILES string of the molecule is C=CCNC(C=C)OC(=O)CN. The molecule has 0 bridgehead atoms. The summed E-state index contributed by atoms with van der Waals surface area (Å²) in [6, 6.07) is 0. The van der Waals surface area contributed by atoms with Crippen molar-refractivity contribution >= 4 is 5.97 Å². The van der Waals surface area contributed by atoms with Crippen LogP contribution in [0.25, 0.3) is 0 Å². The summed E-state index contributed by atoms with van der Waals surface area (Å²) in [5.74, 6) is -0.462. The van der Waals surface area contributed by atoms with Gasteiger partial charge in [-0.2, -0.15) is 0 Å². The molecule has 0 saturated carbocycles. The van der Waals surface area contributed by atoms with Crippen molar-refractivity contribution in [3.8, 4) is 0 Å². The van der Waals surface area contributed by atoms with E-state index in [1.807, 2.05) is 0 Å². The molecule has 0 spiro atoms. The molecule has 4 heteroatoms. The lowest BCUT2D eigenvalue weighted by molar-refractivity contribution is -0.146. The van der Waals surface area contributed by atoms with Crippen LogP contribution in [-0.2, 0) is 9.53 Å². The van der Waals surface area contributed by atoms with Crippen molar-refractivity contribution in [3.63, 3.8) is 0 Å². The van der Waals surface area contributed by atoms with E-state index in [1.54, 1.807) is 6.08 Å². The Kier molecular flexibility index (Phi) is 5.95. The van der Waals surface area contributed by atoms with E-state index in [2.05, 4.69) is 18.5 Å². The first-order valence-electron chi connectivity index (χ1n) is 3.61. The summed E-state index contributed by atoms with van der Waals surface area (Å²) in [7, 11) is 0. The molecule has 68 valence electrons. The molecule has 0 aliphatic rings. The molecule has 0 aromatic carbocycles. The fourth-order valence-corrected chi connectivity index (χ4v) is 0.562. The minimum atomic E-state index is -0.487. The summed E-state index contributed by atoms with van der Waals surface area (Å²) in [4.78, 5) is 10.7. The average Bonchev–Trinajstić information content (AvgIpc) is 2.11. The Balaban J connectivity index is 3.73. The van der Waals surface area contributed by atoms with E-state index in [9.17, 15) is 4.79 Å². The zero-order valence-electron chi connectivity index (χ0n) is 6.95. The van der Waals surface area contributed by atoms with Gasteiger partial charge in [0.05, 0.1) is 6.54 Å². The van der Waals surface area contributed by atoms with Crippen LogP contribution in [0.5, 0.6) is 0 Å². The number of hydrogen-bond donors (Lipinski definition) is 2. The number of nitrogens with one attached hydrogen (secondary N) is 1. The standard InChI is InChI=1S/C8H14N2O2/c1-3-5-10-7(4-2)12-8(11)6-9/h3-4,7,10H,1-2,5-6,9H2. The van der Waals surface area contributed by atoms with Gasteiger partial charge < -0.3 is 10.5 Å². The normalized spacial score (nSPS) is 11.8. The number of esters is 1. The number of carbonyl (C=O) groups is 1. The number of carbonyl (C=O) groups excluding carboxylic acids is 1. The number of rotatable bonds is 6. The molecular formula is C8H14N2O2. The first-order chi connectivity index (χ1) is 5.74. The summed E-state index contributed by atoms with van der Waals surface area (Å²) in [6.07, 6.45) is 2.66. The van der Waals surface area contributed by atoms with Crippen molar-refractivity contribution in [2.75, 3.05) is 13.1 Å². The van der Waals surface area contributed by atoms with Gasteiger partial charge in [-0.15, -0.1) is 6.58 Å². The quantitative estimate of drug-likeness (QED) is 0.328. The molecule has 3 N–H and O–H groups in total. The minimum Gasteiger partial charge on any atom is -0.442 e. The van der Waals surface area contributed by atoms with Gasteiger partial charge in [0.2, 0.25) is 0 Å². The summed E-state index contributed by atoms with van der Waals surface area (Å²) in [5, 5.41) is 2.85. The van der Waals surface area contributed by atoms with Gasteiger partial charge in [-0.05, 0) is 6.08 Å². The smallest absolute Gasteiger partial charge is 0.321 e. The zero-order chi connectivity index (χ0) is 9.40. The van der Waals surface area contributed by atoms with Crippen LogP contribution < -0.4 is 11.1 Å². The molecule has 4 nitrogen and oxygen atoms in total. The van der Waals surface area contributed by atoms with Crippen LogP contribution in [0.15, 0.2) is 25.3 Å². The largest absolute Gasteiger partial charge is 0.442 e. The Morgan fingerprint density at radius 3 is 2.75 bits per heavy atom. The summed E-state index contributed by atoms with van der Waals surface area (Å²) < 4.78 is 4.81. The maximum absolute atomic E-state index is 10.7. The lowest BCUT2D eigenvalue weighted by Crippen LogP contribution is -2.34. The third-order valence-corrected chi connectivity index (χ3v) is 1.10. The van der Waals surface area contributed by atoms with Crippen molar-refractivity contribution in [1.82, 2.24) is 5.32 Å². The van der Waals surface area contributed by atoms with E-state index in [0.29, 0.717) is 6.54 Å². The van der Waals surface area contributed by atoms with Gasteiger partial charge in [0.15, 0.2) is 6.23 Å². The third-order valence-electron chi connectivity index (χ3n) is 1.10. The molecule has 0 saturated heterocycles. The van der Waals surface area contributed by atoms with Crippen LogP contribution in [0.1, 0.15) is 0 Å². The van der Waals surface area contributed by atoms with Crippen molar-refractivity contribution < 1.29 is 9.53 Å². The van der Waals surface area contributed by atoms with Gasteiger partial charge >= 0.3 is 5.97 Å². The zero-order valence-corrected chi connectivity index (χ0v) is 6.95. The fourth-order valence-electron chi connectivity index (χ4n) is 0.562. The predicted octanol–water partition coefficient (Wildman–Crippen LogP) is -0.224. The molecule has 1 atom stereocenters. The maximum Gasteiger partial charge on any atom is 0.321 e. The Labute approximate surface area is 72.1 Å². The van der Waals surface area contributed by atoms with Gasteiger partial charge in [0.1, 0.15) is 0 Å². The minimum absolute atomic E-state index is 0.125. The Hall–Kier alpha value is -1.13. The first-order valence-corrected chi connectivity index (χ1v) is 3.61. The lowest BCUT2D eigenvalue weighted by Gasteiger charge is -2.13. The second kappa shape index (κ2) is 6.57. The van der Waals surface area contributed by atoms with Crippen LogP contribution in [0.4, 0.5) is 0 Å². The molecule has 0 radical (unpaired) electrons. The van der Waals surface area contributed by atoms with Crippen LogP contribution in [0.2, 0.25) is 0 Å². The van der Waals surface area contributed by atoms with Gasteiger partial charge in [-0.25, -0.2) is 0 Å². The second-order valence-electron chi connectivity index (χ2n) is 2.05. The number of hydrogen-bond acceptors (Lipinski definition) is 4. The van der Waals surface area contributed by atoms with Gasteiger partial charge in [0.25, 0.3) is 0 Å². The molecule has 0 aromatic heterocycles. The van der Waals surface area contributed by atoms with E-state index in [0.717, 1.165) is 0 Å². The highest BCUT2D eigenvalue weighted by Crippen LogP contribution is 1.88. The Morgan fingerprint density at radius 1 is 1.67 bits per heavy atom. The van der Waals surface area contributed by atoms with Crippen LogP contribution in [0, 0.1) is 0 Å². The van der Waals surface area contributed by atoms with Crippen molar-refractivity contribution in [1.29, 1.82) is 0 Å². The number of nitrogens with two attached hydrogens (primary N) is 1. The van der Waals surface area contributed by atoms with E-state index in [1.165, 1.54) is 6.08 Å². The van der Waals surface area contributed by atoms with Crippen LogP contribution >= 0.6 is 0 Å². The fraction of sp³-hybridized carbons (Fsp3) is 0.375. The molecule has 0 amide bonds. The molecule has 0 aliphatic carbocycles. The van der Waals surface area contributed by atoms with Crippen LogP contribution in [-0.4, -0.2) is 25.3 Å². The van der Waals surface area contributed by atoms with E-state index >= 15 is 0 Å². The molecule has 1 unspecified atom stereocenters. The molecular weight excluding hydrogens is 156 g/mol. The highest BCUT2D eigenvalue weighted by molar-refractivity contribution is 5.71. The average molecular weight is 170 g/mol. The summed E-state index contributed by atoms with van der Waals surface area (Å²) in [5.41, 5.74) is 5.05. The molecule has 0 aromatic rings.